The molecule has 0 unspecified atom stereocenters. The minimum Gasteiger partial charge on any atom is -0.480 e. The molecule has 24 heavy (non-hydrogen) atoms. The Bertz CT molecular complexity index is 349. The first-order valence-electron chi connectivity index (χ1n) is 9.47. The first-order chi connectivity index (χ1) is 11.5. The molecule has 2 rings (SSSR count). The Hall–Kier alpha value is -1.14. The second kappa shape index (κ2) is 12.3. The molecule has 6 heteroatoms. The average molecular weight is 341 g/mol. The zero-order chi connectivity index (χ0) is 17.8. The van der Waals surface area contributed by atoms with Gasteiger partial charge in [0, 0.05) is 18.5 Å². The minimum atomic E-state index is -0.964. The van der Waals surface area contributed by atoms with Gasteiger partial charge in [-0.3, -0.25) is 9.59 Å². The van der Waals surface area contributed by atoms with Crippen molar-refractivity contribution >= 4 is 11.9 Å². The zero-order valence-corrected chi connectivity index (χ0v) is 15.1. The van der Waals surface area contributed by atoms with Gasteiger partial charge in [-0.2, -0.15) is 0 Å². The van der Waals surface area contributed by atoms with Gasteiger partial charge in [0.25, 0.3) is 0 Å². The number of carboxylic acids is 1. The van der Waals surface area contributed by atoms with Gasteiger partial charge in [0.2, 0.25) is 5.91 Å². The number of nitrogens with two attached hydrogens (primary N) is 1. The number of carbonyl (C=O) groups excluding carboxylic acids is 1. The van der Waals surface area contributed by atoms with Gasteiger partial charge < -0.3 is 21.5 Å². The lowest BCUT2D eigenvalue weighted by molar-refractivity contribution is -0.139. The van der Waals surface area contributed by atoms with Crippen LogP contribution in [-0.2, 0) is 9.59 Å². The third-order valence-electron chi connectivity index (χ3n) is 5.01. The van der Waals surface area contributed by atoms with Crippen LogP contribution in [0.5, 0.6) is 0 Å². The van der Waals surface area contributed by atoms with E-state index in [0.29, 0.717) is 0 Å². The van der Waals surface area contributed by atoms with E-state index >= 15 is 0 Å². The molecular formula is C18H35N3O3. The third kappa shape index (κ3) is 9.23. The first-order valence-corrected chi connectivity index (χ1v) is 9.47. The molecule has 0 spiro atoms. The monoisotopic (exact) mass is 341 g/mol. The maximum absolute atomic E-state index is 10.3. The highest BCUT2D eigenvalue weighted by molar-refractivity contribution is 5.77. The van der Waals surface area contributed by atoms with Gasteiger partial charge in [-0.05, 0) is 39.2 Å². The number of hydrogen-bond acceptors (Lipinski definition) is 4. The second-order valence-corrected chi connectivity index (χ2v) is 7.02. The molecule has 2 saturated carbocycles. The molecule has 140 valence electrons. The molecule has 0 radical (unpaired) electrons. The number of primary amides is 1. The van der Waals surface area contributed by atoms with Gasteiger partial charge in [-0.25, -0.2) is 0 Å². The van der Waals surface area contributed by atoms with Gasteiger partial charge in [0.15, 0.2) is 0 Å². The molecule has 6 nitrogen and oxygen atoms in total. The number of likely N-dealkylation sites (N-methyl/N-ethyl adjacent to an activating group) is 1. The maximum atomic E-state index is 10.3. The van der Waals surface area contributed by atoms with E-state index in [9.17, 15) is 9.59 Å². The molecule has 1 amide bonds. The first kappa shape index (κ1) is 20.9. The van der Waals surface area contributed by atoms with Gasteiger partial charge in [-0.1, -0.05) is 38.5 Å². The molecule has 0 aromatic heterocycles. The van der Waals surface area contributed by atoms with Crippen molar-refractivity contribution in [2.24, 2.45) is 5.73 Å². The van der Waals surface area contributed by atoms with E-state index in [2.05, 4.69) is 10.6 Å². The summed E-state index contributed by atoms with van der Waals surface area (Å²) in [6.45, 7) is 0. The Morgan fingerprint density at radius 3 is 1.79 bits per heavy atom. The van der Waals surface area contributed by atoms with Crippen molar-refractivity contribution < 1.29 is 14.7 Å². The average Bonchev–Trinajstić information content (AvgIpc) is 2.57. The van der Waals surface area contributed by atoms with Crippen LogP contribution < -0.4 is 16.4 Å². The topological polar surface area (TPSA) is 104 Å². The van der Waals surface area contributed by atoms with Gasteiger partial charge in [0.1, 0.15) is 6.04 Å². The van der Waals surface area contributed by atoms with Gasteiger partial charge in [-0.15, -0.1) is 0 Å². The van der Waals surface area contributed by atoms with Crippen LogP contribution in [0.15, 0.2) is 0 Å². The largest absolute Gasteiger partial charge is 0.480 e. The fraction of sp³-hybridized carbons (Fsp3) is 0.889. The van der Waals surface area contributed by atoms with E-state index in [-0.39, 0.29) is 12.8 Å². The molecular weight excluding hydrogens is 306 g/mol. The second-order valence-electron chi connectivity index (χ2n) is 7.02. The quantitative estimate of drug-likeness (QED) is 0.568. The number of aliphatic carboxylic acids is 1. The fourth-order valence-corrected chi connectivity index (χ4v) is 3.55. The fourth-order valence-electron chi connectivity index (χ4n) is 3.55. The highest BCUT2D eigenvalue weighted by atomic mass is 16.4. The smallest absolute Gasteiger partial charge is 0.320 e. The van der Waals surface area contributed by atoms with E-state index in [1.165, 1.54) is 71.3 Å². The van der Waals surface area contributed by atoms with Crippen molar-refractivity contribution in [1.82, 2.24) is 10.6 Å². The minimum absolute atomic E-state index is 0.0950. The lowest BCUT2D eigenvalue weighted by Crippen LogP contribution is -2.40. The number of carbonyl (C=O) groups is 2. The van der Waals surface area contributed by atoms with Crippen molar-refractivity contribution in [1.29, 1.82) is 0 Å². The Labute approximate surface area is 145 Å². The van der Waals surface area contributed by atoms with Crippen molar-refractivity contribution in [3.63, 3.8) is 0 Å². The van der Waals surface area contributed by atoms with E-state index in [4.69, 9.17) is 10.8 Å². The van der Waals surface area contributed by atoms with Gasteiger partial charge >= 0.3 is 5.97 Å². The van der Waals surface area contributed by atoms with Crippen LogP contribution in [0, 0.1) is 0 Å². The van der Waals surface area contributed by atoms with Crippen LogP contribution in [0.4, 0.5) is 0 Å². The summed E-state index contributed by atoms with van der Waals surface area (Å²) in [6.07, 6.45) is 14.9. The number of carboxylic acid groups (broad SMARTS) is 1. The number of nitrogens with one attached hydrogen (secondary N) is 2. The third-order valence-corrected chi connectivity index (χ3v) is 5.01. The summed E-state index contributed by atoms with van der Waals surface area (Å²) in [5.41, 5.74) is 4.84. The summed E-state index contributed by atoms with van der Waals surface area (Å²) in [5, 5.41) is 14.9. The Kier molecular flexibility index (Phi) is 10.7. The summed E-state index contributed by atoms with van der Waals surface area (Å²) >= 11 is 0. The molecule has 5 N–H and O–H groups in total. The summed E-state index contributed by atoms with van der Waals surface area (Å²) in [6, 6.07) is 1.07. The molecule has 0 saturated heterocycles. The van der Waals surface area contributed by atoms with Crippen molar-refractivity contribution in [3.05, 3.63) is 0 Å². The molecule has 0 heterocycles. The van der Waals surface area contributed by atoms with Crippen LogP contribution in [0.25, 0.3) is 0 Å². The van der Waals surface area contributed by atoms with E-state index in [1.807, 2.05) is 0 Å². The molecule has 2 aliphatic rings. The highest BCUT2D eigenvalue weighted by Gasteiger charge is 2.19. The molecule has 2 aliphatic carbocycles. The van der Waals surface area contributed by atoms with Crippen LogP contribution in [0.1, 0.15) is 77.0 Å². The summed E-state index contributed by atoms with van der Waals surface area (Å²) in [5.74, 6) is -1.44. The Morgan fingerprint density at radius 2 is 1.46 bits per heavy atom. The summed E-state index contributed by atoms with van der Waals surface area (Å²) < 4.78 is 0. The van der Waals surface area contributed by atoms with Crippen molar-refractivity contribution in [2.45, 2.75) is 95.2 Å². The highest BCUT2D eigenvalue weighted by Crippen LogP contribution is 2.22. The zero-order valence-electron chi connectivity index (χ0n) is 15.1. The van der Waals surface area contributed by atoms with E-state index in [0.717, 1.165) is 12.1 Å². The Balaban J connectivity index is 0.000000245. The van der Waals surface area contributed by atoms with Crippen LogP contribution in [0.2, 0.25) is 0 Å². The molecule has 0 aromatic rings. The van der Waals surface area contributed by atoms with Gasteiger partial charge in [0.05, 0.1) is 0 Å². The summed E-state index contributed by atoms with van der Waals surface area (Å²) in [4.78, 5) is 20.6. The molecule has 1 atom stereocenters. The maximum Gasteiger partial charge on any atom is 0.320 e. The Morgan fingerprint density at radius 1 is 1.00 bits per heavy atom. The molecule has 0 aliphatic heterocycles. The van der Waals surface area contributed by atoms with Crippen molar-refractivity contribution in [2.75, 3.05) is 7.05 Å². The number of rotatable bonds is 7. The number of hydrogen-bond donors (Lipinski definition) is 4. The van der Waals surface area contributed by atoms with Crippen LogP contribution in [0.3, 0.4) is 0 Å². The van der Waals surface area contributed by atoms with E-state index < -0.39 is 17.9 Å². The predicted octanol–water partition coefficient (Wildman–Crippen LogP) is 2.17. The predicted molar refractivity (Wildman–Crippen MR) is 95.8 cm³/mol. The lowest BCUT2D eigenvalue weighted by Gasteiger charge is -2.30. The molecule has 0 aromatic carbocycles. The van der Waals surface area contributed by atoms with E-state index in [1.54, 1.807) is 0 Å². The standard InChI is InChI=1S/C12H23N.C6H12N2O3/c1-3-7-11(8-4-1)13-12-9-5-2-6-10-12;1-8-4(6(10)11)2-3-5(7)9/h11-13H,1-10H2;4,8H,2-3H2,1H3,(H2,7,9)(H,10,11)/t;4-/m.1/s1. The normalized spacial score (nSPS) is 20.7. The molecule has 2 fully saturated rings. The van der Waals surface area contributed by atoms with Crippen molar-refractivity contribution in [3.8, 4) is 0 Å². The number of amides is 1. The lowest BCUT2D eigenvalue weighted by atomic mass is 9.91. The summed E-state index contributed by atoms with van der Waals surface area (Å²) in [7, 11) is 1.53. The van der Waals surface area contributed by atoms with Crippen LogP contribution in [-0.4, -0.2) is 42.2 Å². The SMILES string of the molecule is C1CCC(NC2CCCCC2)CC1.CN[C@H](CCC(N)=O)C(=O)O. The van der Waals surface area contributed by atoms with Crippen LogP contribution >= 0.6 is 0 Å². The molecule has 0 bridgehead atoms.